The molecule has 0 saturated heterocycles. The number of H-pyrrole nitrogens is 1. The van der Waals surface area contributed by atoms with Crippen molar-refractivity contribution in [2.75, 3.05) is 0 Å². The van der Waals surface area contributed by atoms with E-state index in [9.17, 15) is 10.1 Å². The first-order valence-electron chi connectivity index (χ1n) is 5.56. The zero-order valence-electron chi connectivity index (χ0n) is 9.70. The summed E-state index contributed by atoms with van der Waals surface area (Å²) in [6.07, 6.45) is 4.64. The maximum absolute atomic E-state index is 11.1. The number of nitrogens with zero attached hydrogens (tertiary/aromatic N) is 3. The number of nitriles is 1. The molecule has 0 aliphatic carbocycles. The molecular formula is C13H8N4O2. The largest absolute Gasteiger partial charge is 0.417 e. The Labute approximate surface area is 107 Å². The Morgan fingerprint density at radius 3 is 3.00 bits per heavy atom. The van der Waals surface area contributed by atoms with Crippen LogP contribution in [-0.4, -0.2) is 15.0 Å². The maximum Gasteiger partial charge on any atom is 0.417 e. The normalized spacial score (nSPS) is 12.2. The van der Waals surface area contributed by atoms with Crippen LogP contribution in [0.4, 0.5) is 0 Å². The first-order chi connectivity index (χ1) is 9.28. The highest BCUT2D eigenvalue weighted by molar-refractivity contribution is 5.73. The van der Waals surface area contributed by atoms with Crippen molar-refractivity contribution < 1.29 is 4.42 Å². The summed E-state index contributed by atoms with van der Waals surface area (Å²) in [6, 6.07) is 7.29. The van der Waals surface area contributed by atoms with Crippen molar-refractivity contribution in [3.63, 3.8) is 0 Å². The van der Waals surface area contributed by atoms with Crippen LogP contribution >= 0.6 is 0 Å². The molecule has 2 heterocycles. The van der Waals surface area contributed by atoms with Crippen LogP contribution in [0.3, 0.4) is 0 Å². The second-order valence-corrected chi connectivity index (χ2v) is 3.96. The fourth-order valence-electron chi connectivity index (χ4n) is 1.92. The van der Waals surface area contributed by atoms with E-state index in [0.29, 0.717) is 16.8 Å². The zero-order valence-corrected chi connectivity index (χ0v) is 9.70. The van der Waals surface area contributed by atoms with Gasteiger partial charge in [-0.15, -0.1) is 0 Å². The predicted molar refractivity (Wildman–Crippen MR) is 66.3 cm³/mol. The molecule has 19 heavy (non-hydrogen) atoms. The molecular weight excluding hydrogens is 244 g/mol. The summed E-state index contributed by atoms with van der Waals surface area (Å²) in [5.74, 6) is -1.04. The molecule has 1 N–H and O–H groups in total. The summed E-state index contributed by atoms with van der Waals surface area (Å²) in [7, 11) is 0. The van der Waals surface area contributed by atoms with Crippen molar-refractivity contribution in [3.05, 3.63) is 58.6 Å². The lowest BCUT2D eigenvalue weighted by Gasteiger charge is -2.07. The lowest BCUT2D eigenvalue weighted by Crippen LogP contribution is -2.01. The zero-order chi connectivity index (χ0) is 13.2. The smallest absolute Gasteiger partial charge is 0.408 e. The van der Waals surface area contributed by atoms with Crippen molar-refractivity contribution in [1.82, 2.24) is 15.0 Å². The topological polar surface area (TPSA) is 95.6 Å². The van der Waals surface area contributed by atoms with E-state index in [1.807, 2.05) is 0 Å². The Bertz CT molecular complexity index is 814. The number of hydrogen-bond acceptors (Lipinski definition) is 5. The average Bonchev–Trinajstić information content (AvgIpc) is 2.80. The molecule has 1 atom stereocenters. The quantitative estimate of drug-likeness (QED) is 0.746. The van der Waals surface area contributed by atoms with Gasteiger partial charge in [-0.25, -0.2) is 4.79 Å². The molecule has 3 aromatic rings. The van der Waals surface area contributed by atoms with E-state index in [1.54, 1.807) is 30.6 Å². The summed E-state index contributed by atoms with van der Waals surface area (Å²) in [5.41, 5.74) is 2.32. The molecule has 0 spiro atoms. The van der Waals surface area contributed by atoms with Gasteiger partial charge in [0, 0.05) is 12.4 Å². The average molecular weight is 252 g/mol. The molecule has 1 unspecified atom stereocenters. The molecule has 1 aromatic carbocycles. The van der Waals surface area contributed by atoms with E-state index in [0.717, 1.165) is 5.56 Å². The number of hydrogen-bond donors (Lipinski definition) is 1. The highest BCUT2D eigenvalue weighted by atomic mass is 16.4. The van der Waals surface area contributed by atoms with Crippen LogP contribution in [0.5, 0.6) is 0 Å². The van der Waals surface area contributed by atoms with Crippen molar-refractivity contribution in [2.24, 2.45) is 0 Å². The number of nitrogens with one attached hydrogen (secondary N) is 1. The Balaban J connectivity index is 2.12. The van der Waals surface area contributed by atoms with Gasteiger partial charge in [0.2, 0.25) is 0 Å². The molecule has 2 aromatic heterocycles. The summed E-state index contributed by atoms with van der Waals surface area (Å²) in [4.78, 5) is 21.7. The van der Waals surface area contributed by atoms with Crippen LogP contribution < -0.4 is 5.76 Å². The van der Waals surface area contributed by atoms with Gasteiger partial charge in [-0.05, 0) is 17.7 Å². The minimum atomic E-state index is -0.531. The monoisotopic (exact) mass is 252 g/mol. The number of oxazole rings is 1. The molecule has 0 aliphatic heterocycles. The van der Waals surface area contributed by atoms with Gasteiger partial charge < -0.3 is 4.42 Å². The lowest BCUT2D eigenvalue weighted by molar-refractivity contribution is 0.555. The van der Waals surface area contributed by atoms with Crippen molar-refractivity contribution in [3.8, 4) is 6.07 Å². The van der Waals surface area contributed by atoms with Crippen molar-refractivity contribution in [1.29, 1.82) is 5.26 Å². The van der Waals surface area contributed by atoms with Crippen LogP contribution in [-0.2, 0) is 0 Å². The number of aromatic nitrogens is 3. The standard InChI is InChI=1S/C13H8N4O2/c14-6-9(11-7-15-3-4-16-11)8-1-2-12-10(5-8)17-13(18)19-12/h1-5,7,9H,(H,17,18). The van der Waals surface area contributed by atoms with Crippen LogP contribution in [0.1, 0.15) is 17.2 Å². The fraction of sp³-hybridized carbons (Fsp3) is 0.0769. The van der Waals surface area contributed by atoms with Gasteiger partial charge in [-0.2, -0.15) is 5.26 Å². The van der Waals surface area contributed by atoms with E-state index in [1.165, 1.54) is 6.20 Å². The first-order valence-corrected chi connectivity index (χ1v) is 5.56. The highest BCUT2D eigenvalue weighted by Gasteiger charge is 2.16. The highest BCUT2D eigenvalue weighted by Crippen LogP contribution is 2.24. The Hall–Kier alpha value is -2.94. The van der Waals surface area contributed by atoms with Crippen LogP contribution in [0.2, 0.25) is 0 Å². The van der Waals surface area contributed by atoms with Gasteiger partial charge >= 0.3 is 5.76 Å². The second kappa shape index (κ2) is 4.38. The third-order valence-electron chi connectivity index (χ3n) is 2.78. The number of rotatable bonds is 2. The van der Waals surface area contributed by atoms with E-state index in [4.69, 9.17) is 4.42 Å². The molecule has 0 saturated carbocycles. The summed E-state index contributed by atoms with van der Waals surface area (Å²) in [6.45, 7) is 0. The lowest BCUT2D eigenvalue weighted by atomic mass is 9.97. The van der Waals surface area contributed by atoms with Crippen molar-refractivity contribution >= 4 is 11.1 Å². The van der Waals surface area contributed by atoms with Crippen molar-refractivity contribution in [2.45, 2.75) is 5.92 Å². The third kappa shape index (κ3) is 1.98. The second-order valence-electron chi connectivity index (χ2n) is 3.96. The first kappa shape index (κ1) is 11.2. The Morgan fingerprint density at radius 1 is 1.37 bits per heavy atom. The van der Waals surface area contributed by atoms with Crippen LogP contribution in [0.25, 0.3) is 11.1 Å². The maximum atomic E-state index is 11.1. The van der Waals surface area contributed by atoms with Gasteiger partial charge in [0.1, 0.15) is 5.92 Å². The molecule has 0 radical (unpaired) electrons. The SMILES string of the molecule is N#CC(c1ccc2oc(=O)[nH]c2c1)c1cnccn1. The van der Waals surface area contributed by atoms with E-state index < -0.39 is 11.7 Å². The summed E-state index contributed by atoms with van der Waals surface area (Å²) in [5, 5.41) is 9.30. The minimum Gasteiger partial charge on any atom is -0.408 e. The summed E-state index contributed by atoms with van der Waals surface area (Å²) < 4.78 is 4.92. The van der Waals surface area contributed by atoms with Gasteiger partial charge in [-0.3, -0.25) is 15.0 Å². The van der Waals surface area contributed by atoms with Gasteiger partial charge in [-0.1, -0.05) is 6.07 Å². The molecule has 0 amide bonds. The molecule has 92 valence electrons. The molecule has 0 bridgehead atoms. The molecule has 6 nitrogen and oxygen atoms in total. The third-order valence-corrected chi connectivity index (χ3v) is 2.78. The summed E-state index contributed by atoms with van der Waals surface area (Å²) >= 11 is 0. The molecule has 6 heteroatoms. The van der Waals surface area contributed by atoms with Crippen LogP contribution in [0, 0.1) is 11.3 Å². The van der Waals surface area contributed by atoms with E-state index in [2.05, 4.69) is 21.0 Å². The van der Waals surface area contributed by atoms with Crippen LogP contribution in [0.15, 0.2) is 46.0 Å². The number of benzene rings is 1. The van der Waals surface area contributed by atoms with Gasteiger partial charge in [0.15, 0.2) is 5.58 Å². The molecule has 0 fully saturated rings. The molecule has 3 rings (SSSR count). The molecule has 0 aliphatic rings. The number of fused-ring (bicyclic) bond motifs is 1. The minimum absolute atomic E-state index is 0.463. The fourth-order valence-corrected chi connectivity index (χ4v) is 1.92. The Morgan fingerprint density at radius 2 is 2.26 bits per heavy atom. The predicted octanol–water partition coefficient (Wildman–Crippen LogP) is 1.57. The van der Waals surface area contributed by atoms with E-state index >= 15 is 0 Å². The van der Waals surface area contributed by atoms with E-state index in [-0.39, 0.29) is 0 Å². The van der Waals surface area contributed by atoms with Gasteiger partial charge in [0.25, 0.3) is 0 Å². The number of aromatic amines is 1. The Kier molecular flexibility index (Phi) is 2.58. The van der Waals surface area contributed by atoms with Gasteiger partial charge in [0.05, 0.1) is 23.5 Å².